The minimum absolute atomic E-state index is 0.000514. The quantitative estimate of drug-likeness (QED) is 0.444. The zero-order chi connectivity index (χ0) is 22.1. The third kappa shape index (κ3) is 4.18. The number of para-hydroxylation sites is 1. The first kappa shape index (κ1) is 21.0. The fraction of sp³-hybridized carbons (Fsp3) is 0.0500. The van der Waals surface area contributed by atoms with Crippen molar-refractivity contribution in [2.75, 3.05) is 6.54 Å². The summed E-state index contributed by atoms with van der Waals surface area (Å²) >= 11 is 12.2. The summed E-state index contributed by atoms with van der Waals surface area (Å²) in [6.45, 7) is -0.570. The molecule has 31 heavy (non-hydrogen) atoms. The summed E-state index contributed by atoms with van der Waals surface area (Å²) in [5.41, 5.74) is -0.138. The van der Waals surface area contributed by atoms with E-state index in [-0.39, 0.29) is 26.4 Å². The van der Waals surface area contributed by atoms with Gasteiger partial charge in [0.05, 0.1) is 9.93 Å². The summed E-state index contributed by atoms with van der Waals surface area (Å²) in [4.78, 5) is 42.3. The number of ether oxygens (including phenoxy) is 1. The van der Waals surface area contributed by atoms with E-state index < -0.39 is 24.0 Å². The first-order chi connectivity index (χ1) is 14.8. The van der Waals surface area contributed by atoms with Crippen LogP contribution in [0.15, 0.2) is 58.4 Å². The van der Waals surface area contributed by atoms with E-state index in [2.05, 4.69) is 4.98 Å². The van der Waals surface area contributed by atoms with Gasteiger partial charge in [0.25, 0.3) is 11.5 Å². The number of aromatic nitrogens is 2. The number of hydrogen-bond acceptors (Lipinski definition) is 7. The van der Waals surface area contributed by atoms with Crippen molar-refractivity contribution in [3.63, 3.8) is 0 Å². The highest BCUT2D eigenvalue weighted by Crippen LogP contribution is 2.35. The Bertz CT molecular complexity index is 1340. The van der Waals surface area contributed by atoms with Gasteiger partial charge in [-0.3, -0.25) is 23.7 Å². The van der Waals surface area contributed by atoms with Gasteiger partial charge in [0.1, 0.15) is 27.8 Å². The lowest BCUT2D eigenvalue weighted by Crippen LogP contribution is -2.33. The molecule has 1 amide bonds. The summed E-state index contributed by atoms with van der Waals surface area (Å²) < 4.78 is 7.22. The number of rotatable bonds is 5. The number of carboxylic acids is 1. The zero-order valence-electron chi connectivity index (χ0n) is 15.5. The lowest BCUT2D eigenvalue weighted by atomic mass is 10.2. The monoisotopic (exact) mass is 473 g/mol. The van der Waals surface area contributed by atoms with E-state index >= 15 is 0 Å². The second-order valence-corrected chi connectivity index (χ2v) is 8.34. The van der Waals surface area contributed by atoms with Gasteiger partial charge in [0, 0.05) is 6.20 Å². The maximum absolute atomic E-state index is 13.2. The summed E-state index contributed by atoms with van der Waals surface area (Å²) in [5.74, 6) is -1.58. The van der Waals surface area contributed by atoms with Crippen molar-refractivity contribution in [2.45, 2.75) is 0 Å². The normalized spacial score (nSPS) is 15.1. The maximum Gasteiger partial charge on any atom is 0.323 e. The molecule has 1 N–H and O–H groups in total. The van der Waals surface area contributed by atoms with Crippen molar-refractivity contribution in [1.82, 2.24) is 14.3 Å². The molecule has 0 atom stereocenters. The average Bonchev–Trinajstić information content (AvgIpc) is 2.99. The maximum atomic E-state index is 13.2. The first-order valence-electron chi connectivity index (χ1n) is 8.76. The topological polar surface area (TPSA) is 101 Å². The number of carboxylic acid groups (broad SMARTS) is 1. The van der Waals surface area contributed by atoms with Crippen molar-refractivity contribution >= 4 is 63.5 Å². The van der Waals surface area contributed by atoms with E-state index in [9.17, 15) is 14.4 Å². The Balaban J connectivity index is 1.86. The number of halogens is 1. The molecule has 1 aliphatic heterocycles. The Labute approximate surface area is 189 Å². The lowest BCUT2D eigenvalue weighted by Gasteiger charge is -2.11. The highest BCUT2D eigenvalue weighted by atomic mass is 35.5. The summed E-state index contributed by atoms with van der Waals surface area (Å²) in [6.07, 6.45) is 2.85. The highest BCUT2D eigenvalue weighted by molar-refractivity contribution is 8.26. The summed E-state index contributed by atoms with van der Waals surface area (Å²) in [7, 11) is 0. The number of hydrogen-bond donors (Lipinski definition) is 1. The molecule has 8 nitrogen and oxygen atoms in total. The standard InChI is InChI=1S/C20H12ClN3O5S2/c21-12-5-1-2-6-13(12)29-17-11(18(27)23-8-4-3-7-15(23)22-17)9-14-19(28)24(10-16(25)26)20(30)31-14/h1-9H,10H2,(H,25,26)/b14-9-. The minimum atomic E-state index is -1.20. The Kier molecular flexibility index (Phi) is 5.77. The Morgan fingerprint density at radius 3 is 2.71 bits per heavy atom. The Hall–Kier alpha value is -3.21. The number of benzene rings is 1. The second kappa shape index (κ2) is 8.50. The Morgan fingerprint density at radius 2 is 1.97 bits per heavy atom. The predicted molar refractivity (Wildman–Crippen MR) is 121 cm³/mol. The van der Waals surface area contributed by atoms with Gasteiger partial charge in [0.2, 0.25) is 5.88 Å². The van der Waals surface area contributed by atoms with Gasteiger partial charge in [0.15, 0.2) is 0 Å². The number of nitrogens with zero attached hydrogens (tertiary/aromatic N) is 3. The van der Waals surface area contributed by atoms with Crippen molar-refractivity contribution in [3.05, 3.63) is 74.5 Å². The van der Waals surface area contributed by atoms with Crippen molar-refractivity contribution in [3.8, 4) is 11.6 Å². The van der Waals surface area contributed by atoms with Gasteiger partial charge in [-0.05, 0) is 30.3 Å². The molecule has 1 aromatic carbocycles. The number of carbonyl (C=O) groups excluding carboxylic acids is 1. The molecular weight excluding hydrogens is 462 g/mol. The number of thiocarbonyl (C=S) groups is 1. The molecule has 0 spiro atoms. The number of pyridine rings is 1. The Morgan fingerprint density at radius 1 is 1.23 bits per heavy atom. The molecular formula is C20H12ClN3O5S2. The average molecular weight is 474 g/mol. The van der Waals surface area contributed by atoms with E-state index in [0.717, 1.165) is 16.7 Å². The van der Waals surface area contributed by atoms with Crippen molar-refractivity contribution < 1.29 is 19.4 Å². The molecule has 0 radical (unpaired) electrons. The summed E-state index contributed by atoms with van der Waals surface area (Å²) in [6, 6.07) is 11.7. The van der Waals surface area contributed by atoms with E-state index in [1.54, 1.807) is 42.5 Å². The van der Waals surface area contributed by atoms with Crippen LogP contribution in [0.1, 0.15) is 5.56 Å². The van der Waals surface area contributed by atoms with Crippen LogP contribution >= 0.6 is 35.6 Å². The van der Waals surface area contributed by atoms with E-state index in [1.165, 1.54) is 16.7 Å². The van der Waals surface area contributed by atoms with Crippen LogP contribution < -0.4 is 10.3 Å². The molecule has 0 bridgehead atoms. The highest BCUT2D eigenvalue weighted by Gasteiger charge is 2.34. The molecule has 3 heterocycles. The number of carbonyl (C=O) groups is 2. The third-order valence-corrected chi connectivity index (χ3v) is 5.91. The molecule has 4 rings (SSSR count). The van der Waals surface area contributed by atoms with Crippen LogP contribution in [0.25, 0.3) is 11.7 Å². The predicted octanol–water partition coefficient (Wildman–Crippen LogP) is 3.43. The molecule has 156 valence electrons. The van der Waals surface area contributed by atoms with Gasteiger partial charge < -0.3 is 9.84 Å². The van der Waals surface area contributed by atoms with Gasteiger partial charge in [-0.15, -0.1) is 0 Å². The molecule has 1 saturated heterocycles. The SMILES string of the molecule is O=C(O)CN1C(=O)/C(=C/c2c(Oc3ccccc3Cl)nc3ccccn3c2=O)SC1=S. The van der Waals surface area contributed by atoms with Crippen molar-refractivity contribution in [2.24, 2.45) is 0 Å². The van der Waals surface area contributed by atoms with Gasteiger partial charge in [-0.2, -0.15) is 4.98 Å². The second-order valence-electron chi connectivity index (χ2n) is 6.26. The van der Waals surface area contributed by atoms with E-state index in [4.69, 9.17) is 33.7 Å². The van der Waals surface area contributed by atoms with Crippen LogP contribution in [0.4, 0.5) is 0 Å². The molecule has 1 fully saturated rings. The van der Waals surface area contributed by atoms with Crippen LogP contribution in [0.5, 0.6) is 11.6 Å². The first-order valence-corrected chi connectivity index (χ1v) is 10.4. The van der Waals surface area contributed by atoms with Gasteiger partial charge in [-0.1, -0.05) is 53.8 Å². The molecule has 0 saturated carbocycles. The molecule has 0 unspecified atom stereocenters. The van der Waals surface area contributed by atoms with Crippen LogP contribution in [-0.4, -0.2) is 42.1 Å². The molecule has 0 aliphatic carbocycles. The molecule has 2 aromatic heterocycles. The van der Waals surface area contributed by atoms with Gasteiger partial charge in [-0.25, -0.2) is 0 Å². The van der Waals surface area contributed by atoms with Crippen molar-refractivity contribution in [1.29, 1.82) is 0 Å². The number of amides is 1. The van der Waals surface area contributed by atoms with Crippen LogP contribution in [0.3, 0.4) is 0 Å². The minimum Gasteiger partial charge on any atom is -0.480 e. The molecule has 1 aliphatic rings. The number of aliphatic carboxylic acids is 1. The largest absolute Gasteiger partial charge is 0.480 e. The zero-order valence-corrected chi connectivity index (χ0v) is 17.9. The van der Waals surface area contributed by atoms with Crippen LogP contribution in [0.2, 0.25) is 5.02 Å². The van der Waals surface area contributed by atoms with E-state index in [1.807, 2.05) is 0 Å². The smallest absolute Gasteiger partial charge is 0.323 e. The molecule has 11 heteroatoms. The van der Waals surface area contributed by atoms with E-state index in [0.29, 0.717) is 10.7 Å². The van der Waals surface area contributed by atoms with Crippen LogP contribution in [-0.2, 0) is 9.59 Å². The van der Waals surface area contributed by atoms with Crippen LogP contribution in [0, 0.1) is 0 Å². The fourth-order valence-electron chi connectivity index (χ4n) is 2.82. The summed E-state index contributed by atoms with van der Waals surface area (Å²) in [5, 5.41) is 9.32. The van der Waals surface area contributed by atoms with Gasteiger partial charge >= 0.3 is 5.97 Å². The fourth-order valence-corrected chi connectivity index (χ4v) is 4.23. The third-order valence-electron chi connectivity index (χ3n) is 4.22. The lowest BCUT2D eigenvalue weighted by molar-refractivity contribution is -0.140. The number of thioether (sulfide) groups is 1. The molecule has 3 aromatic rings. The number of fused-ring (bicyclic) bond motifs is 1.